The molecule has 1 aromatic carbocycles. The first-order valence-electron chi connectivity index (χ1n) is 5.51. The summed E-state index contributed by atoms with van der Waals surface area (Å²) in [5.74, 6) is 0. The highest BCUT2D eigenvalue weighted by atomic mass is 32.2. The smallest absolute Gasteiger partial charge is 0.240 e. The molecule has 0 spiro atoms. The molecule has 96 valence electrons. The fourth-order valence-corrected chi connectivity index (χ4v) is 2.34. The fourth-order valence-electron chi connectivity index (χ4n) is 1.57. The molecule has 2 aromatic rings. The predicted molar refractivity (Wildman–Crippen MR) is 70.8 cm³/mol. The zero-order valence-electron chi connectivity index (χ0n) is 9.97. The maximum Gasteiger partial charge on any atom is 0.240 e. The van der Waals surface area contributed by atoms with Crippen molar-refractivity contribution in [2.45, 2.75) is 11.4 Å². The second-order valence-corrected chi connectivity index (χ2v) is 5.67. The summed E-state index contributed by atoms with van der Waals surface area (Å²) in [6, 6.07) is 10.6. The van der Waals surface area contributed by atoms with Crippen molar-refractivity contribution in [1.82, 2.24) is 9.71 Å². The van der Waals surface area contributed by atoms with Crippen LogP contribution in [0.15, 0.2) is 47.5 Å². The van der Waals surface area contributed by atoms with Gasteiger partial charge in [0.1, 0.15) is 0 Å². The Morgan fingerprint density at radius 3 is 2.72 bits per heavy atom. The number of aromatic nitrogens is 1. The van der Waals surface area contributed by atoms with E-state index in [0.717, 1.165) is 11.4 Å². The normalized spacial score (nSPS) is 11.4. The molecular formula is C12H15N3O2S. The van der Waals surface area contributed by atoms with Crippen LogP contribution in [0.4, 0.5) is 5.69 Å². The van der Waals surface area contributed by atoms with Crippen molar-refractivity contribution >= 4 is 15.7 Å². The van der Waals surface area contributed by atoms with Crippen molar-refractivity contribution in [2.24, 2.45) is 0 Å². The van der Waals surface area contributed by atoms with E-state index in [0.29, 0.717) is 6.54 Å². The van der Waals surface area contributed by atoms with E-state index in [9.17, 15) is 8.42 Å². The van der Waals surface area contributed by atoms with Crippen molar-refractivity contribution in [1.29, 1.82) is 0 Å². The summed E-state index contributed by atoms with van der Waals surface area (Å²) in [7, 11) is -1.99. The van der Waals surface area contributed by atoms with Gasteiger partial charge in [0.25, 0.3) is 0 Å². The largest absolute Gasteiger partial charge is 0.379 e. The van der Waals surface area contributed by atoms with E-state index < -0.39 is 10.0 Å². The third-order valence-corrected chi connectivity index (χ3v) is 3.97. The molecule has 0 amide bonds. The van der Waals surface area contributed by atoms with E-state index in [1.54, 1.807) is 18.2 Å². The summed E-state index contributed by atoms with van der Waals surface area (Å²) in [5.41, 5.74) is 1.80. The van der Waals surface area contributed by atoms with Gasteiger partial charge < -0.3 is 10.3 Å². The molecule has 0 saturated carbocycles. The average Bonchev–Trinajstić information content (AvgIpc) is 2.90. The number of aromatic amines is 1. The zero-order valence-corrected chi connectivity index (χ0v) is 10.8. The van der Waals surface area contributed by atoms with E-state index in [4.69, 9.17) is 0 Å². The lowest BCUT2D eigenvalue weighted by atomic mass is 10.3. The van der Waals surface area contributed by atoms with Crippen LogP contribution < -0.4 is 10.0 Å². The molecule has 5 nitrogen and oxygen atoms in total. The Balaban J connectivity index is 2.13. The molecule has 1 heterocycles. The van der Waals surface area contributed by atoms with Crippen molar-refractivity contribution in [2.75, 3.05) is 12.4 Å². The molecule has 6 heteroatoms. The van der Waals surface area contributed by atoms with Gasteiger partial charge >= 0.3 is 0 Å². The SMILES string of the molecule is CNS(=O)(=O)c1cccc(NCc2ccc[nH]2)c1. The summed E-state index contributed by atoms with van der Waals surface area (Å²) >= 11 is 0. The molecular weight excluding hydrogens is 250 g/mol. The molecule has 0 aliphatic rings. The van der Waals surface area contributed by atoms with E-state index in [2.05, 4.69) is 15.0 Å². The van der Waals surface area contributed by atoms with Crippen LogP contribution in [-0.4, -0.2) is 20.4 Å². The van der Waals surface area contributed by atoms with E-state index in [1.807, 2.05) is 24.4 Å². The van der Waals surface area contributed by atoms with Crippen LogP contribution in [0.1, 0.15) is 5.69 Å². The summed E-state index contributed by atoms with van der Waals surface area (Å²) in [5, 5.41) is 3.16. The minimum absolute atomic E-state index is 0.251. The van der Waals surface area contributed by atoms with Crippen LogP contribution in [0.3, 0.4) is 0 Å². The summed E-state index contributed by atoms with van der Waals surface area (Å²) in [6.45, 7) is 0.621. The Morgan fingerprint density at radius 2 is 2.06 bits per heavy atom. The Bertz CT molecular complexity index is 606. The van der Waals surface area contributed by atoms with Gasteiger partial charge in [-0.05, 0) is 37.4 Å². The molecule has 0 fully saturated rings. The van der Waals surface area contributed by atoms with Crippen LogP contribution in [0.25, 0.3) is 0 Å². The monoisotopic (exact) mass is 265 g/mol. The molecule has 0 atom stereocenters. The highest BCUT2D eigenvalue weighted by molar-refractivity contribution is 7.89. The molecule has 18 heavy (non-hydrogen) atoms. The number of H-pyrrole nitrogens is 1. The minimum atomic E-state index is -3.39. The third-order valence-electron chi connectivity index (χ3n) is 2.56. The number of hydrogen-bond donors (Lipinski definition) is 3. The van der Waals surface area contributed by atoms with Gasteiger partial charge in [-0.1, -0.05) is 6.07 Å². The Labute approximate surface area is 106 Å². The summed E-state index contributed by atoms with van der Waals surface area (Å²) < 4.78 is 25.6. The number of nitrogens with one attached hydrogen (secondary N) is 3. The lowest BCUT2D eigenvalue weighted by Gasteiger charge is -2.07. The summed E-state index contributed by atoms with van der Waals surface area (Å²) in [4.78, 5) is 3.32. The number of hydrogen-bond acceptors (Lipinski definition) is 3. The first kappa shape index (κ1) is 12.7. The van der Waals surface area contributed by atoms with Crippen molar-refractivity contribution in [3.63, 3.8) is 0 Å². The number of anilines is 1. The third kappa shape index (κ3) is 2.91. The van der Waals surface area contributed by atoms with Crippen molar-refractivity contribution < 1.29 is 8.42 Å². The number of benzene rings is 1. The average molecular weight is 265 g/mol. The molecule has 0 aliphatic heterocycles. The van der Waals surface area contributed by atoms with Gasteiger partial charge in [-0.3, -0.25) is 0 Å². The lowest BCUT2D eigenvalue weighted by molar-refractivity contribution is 0.588. The predicted octanol–water partition coefficient (Wildman–Crippen LogP) is 1.53. The molecule has 3 N–H and O–H groups in total. The van der Waals surface area contributed by atoms with Gasteiger partial charge in [-0.25, -0.2) is 13.1 Å². The molecule has 1 aromatic heterocycles. The first-order valence-corrected chi connectivity index (χ1v) is 7.00. The molecule has 0 aliphatic carbocycles. The van der Waals surface area contributed by atoms with Gasteiger partial charge in [0, 0.05) is 17.6 Å². The molecule has 2 rings (SSSR count). The van der Waals surface area contributed by atoms with Crippen molar-refractivity contribution in [3.8, 4) is 0 Å². The molecule has 0 radical (unpaired) electrons. The topological polar surface area (TPSA) is 74.0 Å². The van der Waals surface area contributed by atoms with Gasteiger partial charge in [0.15, 0.2) is 0 Å². The molecule has 0 bridgehead atoms. The van der Waals surface area contributed by atoms with Gasteiger partial charge in [-0.2, -0.15) is 0 Å². The van der Waals surface area contributed by atoms with Gasteiger partial charge in [0.2, 0.25) is 10.0 Å². The standard InChI is InChI=1S/C12H15N3O2S/c1-13-18(16,17)12-6-2-4-10(8-12)15-9-11-5-3-7-14-11/h2-8,13-15H,9H2,1H3. The maximum atomic E-state index is 11.6. The van der Waals surface area contributed by atoms with E-state index in [1.165, 1.54) is 7.05 Å². The van der Waals surface area contributed by atoms with Crippen LogP contribution in [0.5, 0.6) is 0 Å². The van der Waals surface area contributed by atoms with Crippen LogP contribution >= 0.6 is 0 Å². The van der Waals surface area contributed by atoms with E-state index >= 15 is 0 Å². The second-order valence-electron chi connectivity index (χ2n) is 3.78. The minimum Gasteiger partial charge on any atom is -0.379 e. The molecule has 0 saturated heterocycles. The maximum absolute atomic E-state index is 11.6. The van der Waals surface area contributed by atoms with E-state index in [-0.39, 0.29) is 4.90 Å². The highest BCUT2D eigenvalue weighted by Crippen LogP contribution is 2.15. The lowest BCUT2D eigenvalue weighted by Crippen LogP contribution is -2.18. The van der Waals surface area contributed by atoms with Crippen LogP contribution in [0.2, 0.25) is 0 Å². The summed E-state index contributed by atoms with van der Waals surface area (Å²) in [6.07, 6.45) is 1.85. The first-order chi connectivity index (χ1) is 8.62. The quantitative estimate of drug-likeness (QED) is 0.767. The molecule has 0 unspecified atom stereocenters. The van der Waals surface area contributed by atoms with Crippen molar-refractivity contribution in [3.05, 3.63) is 48.3 Å². The Kier molecular flexibility index (Phi) is 3.69. The second kappa shape index (κ2) is 5.24. The van der Waals surface area contributed by atoms with Crippen LogP contribution in [0, 0.1) is 0 Å². The Morgan fingerprint density at radius 1 is 1.22 bits per heavy atom. The number of sulfonamides is 1. The fraction of sp³-hybridized carbons (Fsp3) is 0.167. The van der Waals surface area contributed by atoms with Gasteiger partial charge in [-0.15, -0.1) is 0 Å². The zero-order chi connectivity index (χ0) is 13.0. The van der Waals surface area contributed by atoms with Crippen LogP contribution in [-0.2, 0) is 16.6 Å². The van der Waals surface area contributed by atoms with Gasteiger partial charge in [0.05, 0.1) is 11.4 Å². The number of rotatable bonds is 5. The highest BCUT2D eigenvalue weighted by Gasteiger charge is 2.11. The Hall–Kier alpha value is -1.79.